The van der Waals surface area contributed by atoms with Gasteiger partial charge in [0, 0.05) is 22.4 Å². The molecule has 1 aliphatic heterocycles. The molecule has 2 N–H and O–H groups in total. The first-order valence-corrected chi connectivity index (χ1v) is 9.69. The van der Waals surface area contributed by atoms with E-state index in [-0.39, 0.29) is 17.6 Å². The summed E-state index contributed by atoms with van der Waals surface area (Å²) in [4.78, 5) is 19.1. The molecular formula is C22H17FN4OS. The number of halogens is 1. The summed E-state index contributed by atoms with van der Waals surface area (Å²) in [5, 5.41) is 11.5. The van der Waals surface area contributed by atoms with Crippen LogP contribution in [0.15, 0.2) is 54.6 Å². The van der Waals surface area contributed by atoms with Crippen molar-refractivity contribution in [3.05, 3.63) is 87.8 Å². The third-order valence-corrected chi connectivity index (χ3v) is 6.51. The highest BCUT2D eigenvalue weighted by Gasteiger charge is 2.39. The number of fused-ring (bicyclic) bond motifs is 1. The smallest absolute Gasteiger partial charge is 0.260 e. The minimum absolute atomic E-state index is 0.0146. The molecule has 2 aromatic carbocycles. The first kappa shape index (κ1) is 18.8. The molecule has 1 aliphatic rings. The van der Waals surface area contributed by atoms with E-state index in [1.165, 1.54) is 28.4 Å². The molecule has 4 rings (SSSR count). The molecule has 1 atom stereocenters. The number of thiophene rings is 1. The van der Waals surface area contributed by atoms with E-state index in [4.69, 9.17) is 12.0 Å². The van der Waals surface area contributed by atoms with Crippen molar-refractivity contribution >= 4 is 28.9 Å². The lowest BCUT2D eigenvalue weighted by molar-refractivity contribution is 0.0869. The second kappa shape index (κ2) is 6.83. The Balaban J connectivity index is 1.85. The number of hydrogen-bond donors (Lipinski definition) is 2. The number of carbonyl (C=O) groups is 1. The van der Waals surface area contributed by atoms with Crippen LogP contribution in [-0.4, -0.2) is 23.8 Å². The van der Waals surface area contributed by atoms with Gasteiger partial charge >= 0.3 is 0 Å². The number of nitrogens with zero attached hydrogens (tertiary/aromatic N) is 2. The number of carbonyl (C=O) groups excluding carboxylic acids is 1. The first-order valence-electron chi connectivity index (χ1n) is 8.87. The lowest BCUT2D eigenvalue weighted by atomic mass is 9.87. The number of rotatable bonds is 2. The molecule has 2 heterocycles. The predicted octanol–water partition coefficient (Wildman–Crippen LogP) is 4.98. The molecule has 0 aliphatic carbocycles. The molecule has 144 valence electrons. The fourth-order valence-corrected chi connectivity index (χ4v) is 4.60. The van der Waals surface area contributed by atoms with Crippen molar-refractivity contribution in [1.29, 1.82) is 5.41 Å². The summed E-state index contributed by atoms with van der Waals surface area (Å²) in [6.07, 6.45) is 0. The van der Waals surface area contributed by atoms with Gasteiger partial charge < -0.3 is 5.32 Å². The van der Waals surface area contributed by atoms with Crippen LogP contribution in [0.25, 0.3) is 15.3 Å². The lowest BCUT2D eigenvalue weighted by Crippen LogP contribution is -2.47. The van der Waals surface area contributed by atoms with E-state index in [2.05, 4.69) is 10.2 Å². The van der Waals surface area contributed by atoms with Crippen molar-refractivity contribution in [3.8, 4) is 10.4 Å². The molecule has 0 radical (unpaired) electrons. The van der Waals surface area contributed by atoms with E-state index < -0.39 is 11.4 Å². The molecule has 1 amide bonds. The molecule has 0 bridgehead atoms. The quantitative estimate of drug-likeness (QED) is 0.592. The van der Waals surface area contributed by atoms with Gasteiger partial charge in [0.25, 0.3) is 5.91 Å². The SMILES string of the molecule is [C-]#[N+]c1cc(-c2ccc(C3(C)NC(=N)N(C)C(=O)c4ccccc43)s2)ccc1F. The van der Waals surface area contributed by atoms with Crippen LogP contribution < -0.4 is 5.32 Å². The Morgan fingerprint density at radius 3 is 2.72 bits per heavy atom. The van der Waals surface area contributed by atoms with Crippen molar-refractivity contribution in [2.24, 2.45) is 0 Å². The van der Waals surface area contributed by atoms with Crippen LogP contribution in [0.4, 0.5) is 10.1 Å². The van der Waals surface area contributed by atoms with Crippen molar-refractivity contribution < 1.29 is 9.18 Å². The highest BCUT2D eigenvalue weighted by Crippen LogP contribution is 2.41. The normalized spacial score (nSPS) is 18.6. The van der Waals surface area contributed by atoms with E-state index in [0.717, 1.165) is 20.9 Å². The van der Waals surface area contributed by atoms with Crippen molar-refractivity contribution in [1.82, 2.24) is 10.2 Å². The van der Waals surface area contributed by atoms with Gasteiger partial charge in [0.2, 0.25) is 5.69 Å². The van der Waals surface area contributed by atoms with Crippen LogP contribution in [0.1, 0.15) is 27.7 Å². The molecular weight excluding hydrogens is 387 g/mol. The maximum atomic E-state index is 13.7. The van der Waals surface area contributed by atoms with Gasteiger partial charge in [0.15, 0.2) is 5.96 Å². The number of hydrogen-bond acceptors (Lipinski definition) is 3. The lowest BCUT2D eigenvalue weighted by Gasteiger charge is -2.31. The molecule has 0 fully saturated rings. The molecule has 29 heavy (non-hydrogen) atoms. The average molecular weight is 404 g/mol. The van der Waals surface area contributed by atoms with Crippen molar-refractivity contribution in [2.75, 3.05) is 7.05 Å². The van der Waals surface area contributed by atoms with E-state index in [9.17, 15) is 9.18 Å². The minimum atomic E-state index is -0.792. The van der Waals surface area contributed by atoms with Gasteiger partial charge in [0.05, 0.1) is 12.1 Å². The van der Waals surface area contributed by atoms with Crippen molar-refractivity contribution in [3.63, 3.8) is 0 Å². The van der Waals surface area contributed by atoms with Crippen molar-refractivity contribution in [2.45, 2.75) is 12.5 Å². The van der Waals surface area contributed by atoms with E-state index in [1.54, 1.807) is 19.2 Å². The fourth-order valence-electron chi connectivity index (χ4n) is 3.48. The summed E-state index contributed by atoms with van der Waals surface area (Å²) in [5.74, 6) is -0.763. The molecule has 5 nitrogen and oxygen atoms in total. The minimum Gasteiger partial charge on any atom is -0.342 e. The number of benzene rings is 2. The maximum absolute atomic E-state index is 13.7. The second-order valence-electron chi connectivity index (χ2n) is 6.95. The van der Waals surface area contributed by atoms with Gasteiger partial charge in [-0.25, -0.2) is 9.24 Å². The highest BCUT2D eigenvalue weighted by molar-refractivity contribution is 7.15. The Hall–Kier alpha value is -3.50. The van der Waals surface area contributed by atoms with E-state index >= 15 is 0 Å². The first-order chi connectivity index (χ1) is 13.8. The van der Waals surface area contributed by atoms with Gasteiger partial charge in [-0.05, 0) is 48.4 Å². The predicted molar refractivity (Wildman–Crippen MR) is 112 cm³/mol. The van der Waals surface area contributed by atoms with Crippen LogP contribution in [0.3, 0.4) is 0 Å². The topological polar surface area (TPSA) is 60.6 Å². The Kier molecular flexibility index (Phi) is 4.44. The summed E-state index contributed by atoms with van der Waals surface area (Å²) in [6, 6.07) is 15.7. The van der Waals surface area contributed by atoms with Gasteiger partial charge in [-0.15, -0.1) is 11.3 Å². The third-order valence-electron chi connectivity index (χ3n) is 5.15. The molecule has 0 saturated heterocycles. The van der Waals surface area contributed by atoms with Gasteiger partial charge in [0.1, 0.15) is 5.82 Å². The Morgan fingerprint density at radius 1 is 1.21 bits per heavy atom. The summed E-state index contributed by atoms with van der Waals surface area (Å²) in [7, 11) is 1.57. The van der Waals surface area contributed by atoms with Crippen LogP contribution in [-0.2, 0) is 5.54 Å². The van der Waals surface area contributed by atoms with Crippen LogP contribution >= 0.6 is 11.3 Å². The number of amides is 1. The van der Waals surface area contributed by atoms with E-state index in [1.807, 2.05) is 37.3 Å². The van der Waals surface area contributed by atoms with Gasteiger partial charge in [-0.2, -0.15) is 0 Å². The highest BCUT2D eigenvalue weighted by atomic mass is 32.1. The molecule has 0 saturated carbocycles. The van der Waals surface area contributed by atoms with Crippen LogP contribution in [0, 0.1) is 17.8 Å². The molecule has 1 aromatic heterocycles. The maximum Gasteiger partial charge on any atom is 0.260 e. The average Bonchev–Trinajstić information content (AvgIpc) is 3.21. The zero-order valence-electron chi connectivity index (χ0n) is 15.8. The summed E-state index contributed by atoms with van der Waals surface area (Å²) in [6.45, 7) is 9.07. The molecule has 3 aromatic rings. The molecule has 0 spiro atoms. The number of nitrogens with one attached hydrogen (secondary N) is 2. The molecule has 1 unspecified atom stereocenters. The second-order valence-corrected chi connectivity index (χ2v) is 8.03. The Bertz CT molecular complexity index is 1200. The van der Waals surface area contributed by atoms with Crippen LogP contribution in [0.5, 0.6) is 0 Å². The standard InChI is InChI=1S/C22H17FN4OS/c1-22(15-7-5-4-6-14(15)20(28)27(3)21(24)26-22)19-11-10-18(29-19)13-8-9-16(23)17(12-13)25-2/h4-12H,1,3H3,(H2,24,26). The van der Waals surface area contributed by atoms with E-state index in [0.29, 0.717) is 5.56 Å². The van der Waals surface area contributed by atoms with Crippen LogP contribution in [0.2, 0.25) is 0 Å². The van der Waals surface area contributed by atoms with Gasteiger partial charge in [-0.3, -0.25) is 15.1 Å². The summed E-state index contributed by atoms with van der Waals surface area (Å²) < 4.78 is 13.7. The largest absolute Gasteiger partial charge is 0.342 e. The zero-order chi connectivity index (χ0) is 20.8. The fraction of sp³-hybridized carbons (Fsp3) is 0.136. The monoisotopic (exact) mass is 404 g/mol. The summed E-state index contributed by atoms with van der Waals surface area (Å²) >= 11 is 1.48. The summed E-state index contributed by atoms with van der Waals surface area (Å²) in [5.41, 5.74) is 1.27. The van der Waals surface area contributed by atoms with Gasteiger partial charge in [-0.1, -0.05) is 24.3 Å². The zero-order valence-corrected chi connectivity index (χ0v) is 16.6. The third kappa shape index (κ3) is 2.98. The number of guanidine groups is 1. The Morgan fingerprint density at radius 2 is 1.97 bits per heavy atom. The Labute approximate surface area is 171 Å². The molecule has 7 heteroatoms.